The summed E-state index contributed by atoms with van der Waals surface area (Å²) in [7, 11) is 0. The average molecular weight is 374 g/mol. The van der Waals surface area contributed by atoms with Crippen LogP contribution in [0, 0.1) is 0 Å². The van der Waals surface area contributed by atoms with Gasteiger partial charge in [-0.15, -0.1) is 0 Å². The van der Waals surface area contributed by atoms with Crippen LogP contribution in [0.15, 0.2) is 0 Å². The van der Waals surface area contributed by atoms with Crippen molar-refractivity contribution in [2.45, 2.75) is 109 Å². The molecule has 0 spiro atoms. The van der Waals surface area contributed by atoms with Gasteiger partial charge in [0.05, 0.1) is 19.8 Å². The van der Waals surface area contributed by atoms with Crippen molar-refractivity contribution in [3.63, 3.8) is 0 Å². The Bertz CT molecular complexity index is 311. The number of carbonyl (C=O) groups excluding carboxylic acids is 1. The minimum absolute atomic E-state index is 0.221. The molecular formula is C21H43NO4. The molecule has 0 aromatic heterocycles. The molecule has 5 nitrogen and oxygen atoms in total. The molecule has 0 aliphatic rings. The van der Waals surface area contributed by atoms with Gasteiger partial charge in [-0.1, -0.05) is 90.4 Å². The van der Waals surface area contributed by atoms with Crippen molar-refractivity contribution in [2.24, 2.45) is 0 Å². The lowest BCUT2D eigenvalue weighted by molar-refractivity contribution is -0.125. The van der Waals surface area contributed by atoms with Gasteiger partial charge in [-0.25, -0.2) is 0 Å². The first kappa shape index (κ1) is 25.4. The molecule has 0 heterocycles. The third-order valence-electron chi connectivity index (χ3n) is 5.07. The predicted molar refractivity (Wildman–Crippen MR) is 107 cm³/mol. The fraction of sp³-hybridized carbons (Fsp3) is 0.952. The Hall–Kier alpha value is -0.650. The highest BCUT2D eigenvalue weighted by molar-refractivity contribution is 5.76. The van der Waals surface area contributed by atoms with Gasteiger partial charge in [-0.05, 0) is 6.42 Å². The summed E-state index contributed by atoms with van der Waals surface area (Å²) >= 11 is 0. The number of amides is 1. The molecule has 0 unspecified atom stereocenters. The van der Waals surface area contributed by atoms with Crippen LogP contribution >= 0.6 is 0 Å². The van der Waals surface area contributed by atoms with Crippen LogP contribution in [0.25, 0.3) is 0 Å². The highest BCUT2D eigenvalue weighted by Gasteiger charge is 2.29. The maximum Gasteiger partial charge on any atom is 0.220 e. The SMILES string of the molecule is CCCCCCCCCCCCCCCCC(=O)NC(CO)(CO)CO. The third kappa shape index (κ3) is 13.5. The Morgan fingerprint density at radius 1 is 0.654 bits per heavy atom. The molecular weight excluding hydrogens is 330 g/mol. The molecule has 0 aliphatic heterocycles. The number of hydrogen-bond donors (Lipinski definition) is 4. The zero-order valence-electron chi connectivity index (χ0n) is 17.0. The first-order valence-corrected chi connectivity index (χ1v) is 10.8. The quantitative estimate of drug-likeness (QED) is 0.260. The average Bonchev–Trinajstić information content (AvgIpc) is 2.66. The van der Waals surface area contributed by atoms with Crippen LogP contribution in [-0.4, -0.2) is 46.6 Å². The van der Waals surface area contributed by atoms with E-state index in [9.17, 15) is 20.1 Å². The highest BCUT2D eigenvalue weighted by atomic mass is 16.3. The topological polar surface area (TPSA) is 89.8 Å². The Morgan fingerprint density at radius 2 is 1.00 bits per heavy atom. The maximum atomic E-state index is 11.8. The standard InChI is InChI=1S/C21H43NO4/c1-2-3-4-5-6-7-8-9-10-11-12-13-14-15-16-20(26)22-21(17-23,18-24)19-25/h23-25H,2-19H2,1H3,(H,22,26). The van der Waals surface area contributed by atoms with Gasteiger partial charge in [0.1, 0.15) is 5.54 Å². The molecule has 5 heteroatoms. The van der Waals surface area contributed by atoms with Crippen molar-refractivity contribution >= 4 is 5.91 Å². The smallest absolute Gasteiger partial charge is 0.220 e. The van der Waals surface area contributed by atoms with E-state index in [-0.39, 0.29) is 5.91 Å². The molecule has 156 valence electrons. The number of rotatable bonds is 19. The normalized spacial score (nSPS) is 11.7. The molecule has 0 saturated carbocycles. The molecule has 0 bridgehead atoms. The summed E-state index contributed by atoms with van der Waals surface area (Å²) in [6.45, 7) is 0.852. The van der Waals surface area contributed by atoms with Crippen molar-refractivity contribution in [3.8, 4) is 0 Å². The van der Waals surface area contributed by atoms with Crippen LogP contribution in [0.2, 0.25) is 0 Å². The van der Waals surface area contributed by atoms with Gasteiger partial charge >= 0.3 is 0 Å². The fourth-order valence-electron chi connectivity index (χ4n) is 3.11. The van der Waals surface area contributed by atoms with Crippen molar-refractivity contribution in [1.29, 1.82) is 0 Å². The van der Waals surface area contributed by atoms with Crippen LogP contribution in [0.4, 0.5) is 0 Å². The first-order valence-electron chi connectivity index (χ1n) is 10.8. The zero-order valence-corrected chi connectivity index (χ0v) is 17.0. The molecule has 0 aromatic rings. The van der Waals surface area contributed by atoms with Gasteiger partial charge in [0.15, 0.2) is 0 Å². The molecule has 1 amide bonds. The van der Waals surface area contributed by atoms with E-state index in [1.807, 2.05) is 0 Å². The summed E-state index contributed by atoms with van der Waals surface area (Å²) in [5.74, 6) is -0.221. The monoisotopic (exact) mass is 373 g/mol. The summed E-state index contributed by atoms with van der Waals surface area (Å²) in [4.78, 5) is 11.8. The van der Waals surface area contributed by atoms with Gasteiger partial charge in [0, 0.05) is 6.42 Å². The maximum absolute atomic E-state index is 11.8. The molecule has 0 fully saturated rings. The van der Waals surface area contributed by atoms with Gasteiger partial charge in [-0.2, -0.15) is 0 Å². The van der Waals surface area contributed by atoms with Gasteiger partial charge in [0.2, 0.25) is 5.91 Å². The zero-order chi connectivity index (χ0) is 19.5. The van der Waals surface area contributed by atoms with Crippen LogP contribution in [0.5, 0.6) is 0 Å². The Morgan fingerprint density at radius 3 is 1.35 bits per heavy atom. The summed E-state index contributed by atoms with van der Waals surface area (Å²) in [5.41, 5.74) is -1.30. The third-order valence-corrected chi connectivity index (χ3v) is 5.07. The van der Waals surface area contributed by atoms with Crippen molar-refractivity contribution in [2.75, 3.05) is 19.8 Å². The number of aliphatic hydroxyl groups is 3. The van der Waals surface area contributed by atoms with E-state index >= 15 is 0 Å². The van der Waals surface area contributed by atoms with E-state index in [0.717, 1.165) is 19.3 Å². The molecule has 0 aliphatic carbocycles. The number of aliphatic hydroxyl groups excluding tert-OH is 3. The lowest BCUT2D eigenvalue weighted by Crippen LogP contribution is -2.57. The summed E-state index contributed by atoms with van der Waals surface area (Å²) in [6.07, 6.45) is 18.2. The largest absolute Gasteiger partial charge is 0.394 e. The number of unbranched alkanes of at least 4 members (excludes halogenated alkanes) is 13. The van der Waals surface area contributed by atoms with E-state index in [0.29, 0.717) is 6.42 Å². The van der Waals surface area contributed by atoms with Crippen LogP contribution in [0.3, 0.4) is 0 Å². The van der Waals surface area contributed by atoms with Gasteiger partial charge in [-0.3, -0.25) is 4.79 Å². The van der Waals surface area contributed by atoms with Gasteiger partial charge in [0.25, 0.3) is 0 Å². The second kappa shape index (κ2) is 17.7. The number of hydrogen-bond acceptors (Lipinski definition) is 4. The van der Waals surface area contributed by atoms with Crippen LogP contribution < -0.4 is 5.32 Å². The fourth-order valence-corrected chi connectivity index (χ4v) is 3.11. The molecule has 0 rings (SSSR count). The van der Waals surface area contributed by atoms with Crippen molar-refractivity contribution in [1.82, 2.24) is 5.32 Å². The van der Waals surface area contributed by atoms with Crippen molar-refractivity contribution in [3.05, 3.63) is 0 Å². The molecule has 0 aromatic carbocycles. The minimum Gasteiger partial charge on any atom is -0.394 e. The Labute approximate surface area is 160 Å². The van der Waals surface area contributed by atoms with Crippen LogP contribution in [-0.2, 0) is 4.79 Å². The van der Waals surface area contributed by atoms with E-state index in [4.69, 9.17) is 0 Å². The van der Waals surface area contributed by atoms with Gasteiger partial charge < -0.3 is 20.6 Å². The predicted octanol–water partition coefficient (Wildman–Crippen LogP) is 3.69. The molecule has 0 saturated heterocycles. The summed E-state index contributed by atoms with van der Waals surface area (Å²) in [6, 6.07) is 0. The molecule has 0 atom stereocenters. The molecule has 0 radical (unpaired) electrons. The second-order valence-corrected chi connectivity index (χ2v) is 7.65. The Kier molecular flexibility index (Phi) is 17.3. The first-order chi connectivity index (χ1) is 12.6. The molecule has 4 N–H and O–H groups in total. The molecule has 26 heavy (non-hydrogen) atoms. The van der Waals surface area contributed by atoms with E-state index in [2.05, 4.69) is 12.2 Å². The number of nitrogens with one attached hydrogen (secondary N) is 1. The van der Waals surface area contributed by atoms with Crippen LogP contribution in [0.1, 0.15) is 103 Å². The summed E-state index contributed by atoms with van der Waals surface area (Å²) in [5, 5.41) is 30.1. The number of carbonyl (C=O) groups is 1. The highest BCUT2D eigenvalue weighted by Crippen LogP contribution is 2.13. The summed E-state index contributed by atoms with van der Waals surface area (Å²) < 4.78 is 0. The van der Waals surface area contributed by atoms with E-state index in [1.54, 1.807) is 0 Å². The van der Waals surface area contributed by atoms with E-state index in [1.165, 1.54) is 70.6 Å². The minimum atomic E-state index is -1.30. The Balaban J connectivity index is 3.39. The lowest BCUT2D eigenvalue weighted by Gasteiger charge is -2.28. The van der Waals surface area contributed by atoms with E-state index < -0.39 is 25.4 Å². The van der Waals surface area contributed by atoms with Crippen molar-refractivity contribution < 1.29 is 20.1 Å². The second-order valence-electron chi connectivity index (χ2n) is 7.65. The lowest BCUT2D eigenvalue weighted by atomic mass is 10.0.